The maximum atomic E-state index is 5.93. The van der Waals surface area contributed by atoms with Gasteiger partial charge in [0.1, 0.15) is 5.82 Å². The van der Waals surface area contributed by atoms with Crippen LogP contribution in [0, 0.1) is 0 Å². The fourth-order valence-corrected chi connectivity index (χ4v) is 3.52. The van der Waals surface area contributed by atoms with Gasteiger partial charge < -0.3 is 4.90 Å². The summed E-state index contributed by atoms with van der Waals surface area (Å²) >= 11 is 7.46. The Morgan fingerprint density at radius 3 is 2.41 bits per heavy atom. The number of hydrogen-bond acceptors (Lipinski definition) is 5. The molecule has 118 valence electrons. The fourth-order valence-electron chi connectivity index (χ4n) is 2.53. The summed E-state index contributed by atoms with van der Waals surface area (Å²) in [4.78, 5) is 9.48. The minimum atomic E-state index is 0.399. The number of aromatic nitrogens is 2. The van der Waals surface area contributed by atoms with Crippen LogP contribution in [0.15, 0.2) is 24.3 Å². The van der Waals surface area contributed by atoms with Crippen molar-refractivity contribution >= 4 is 28.3 Å². The molecule has 1 aliphatic rings. The molecule has 0 saturated carbocycles. The van der Waals surface area contributed by atoms with E-state index < -0.39 is 0 Å². The summed E-state index contributed by atoms with van der Waals surface area (Å²) in [5, 5.41) is 1.86. The number of anilines is 1. The van der Waals surface area contributed by atoms with Gasteiger partial charge in [-0.2, -0.15) is 4.37 Å². The number of nitrogens with zero attached hydrogens (tertiary/aromatic N) is 4. The van der Waals surface area contributed by atoms with Gasteiger partial charge in [-0.15, -0.1) is 0 Å². The summed E-state index contributed by atoms with van der Waals surface area (Å²) in [5.41, 5.74) is 1.32. The summed E-state index contributed by atoms with van der Waals surface area (Å²) < 4.78 is 4.45. The third-order valence-corrected chi connectivity index (χ3v) is 4.95. The lowest BCUT2D eigenvalue weighted by atomic mass is 10.2. The number of halogens is 1. The van der Waals surface area contributed by atoms with Crippen LogP contribution in [0.1, 0.15) is 31.2 Å². The predicted molar refractivity (Wildman–Crippen MR) is 92.9 cm³/mol. The SMILES string of the molecule is CC(C)c1nsc(N2CCN(Cc3ccc(Cl)cc3)CC2)n1. The maximum Gasteiger partial charge on any atom is 0.205 e. The van der Waals surface area contributed by atoms with Crippen LogP contribution in [0.5, 0.6) is 0 Å². The maximum absolute atomic E-state index is 5.93. The second-order valence-electron chi connectivity index (χ2n) is 5.98. The van der Waals surface area contributed by atoms with Crippen LogP contribution < -0.4 is 4.90 Å². The van der Waals surface area contributed by atoms with Crippen LogP contribution in [0.2, 0.25) is 5.02 Å². The fraction of sp³-hybridized carbons (Fsp3) is 0.500. The summed E-state index contributed by atoms with van der Waals surface area (Å²) in [7, 11) is 0. The molecule has 0 bridgehead atoms. The summed E-state index contributed by atoms with van der Waals surface area (Å²) in [6, 6.07) is 8.13. The van der Waals surface area contributed by atoms with E-state index in [1.807, 2.05) is 12.1 Å². The van der Waals surface area contributed by atoms with Crippen molar-refractivity contribution in [2.45, 2.75) is 26.3 Å². The van der Waals surface area contributed by atoms with Crippen LogP contribution in [0.25, 0.3) is 0 Å². The minimum absolute atomic E-state index is 0.399. The topological polar surface area (TPSA) is 32.3 Å². The second-order valence-corrected chi connectivity index (χ2v) is 7.15. The first-order valence-corrected chi connectivity index (χ1v) is 8.82. The minimum Gasteiger partial charge on any atom is -0.344 e. The molecule has 0 spiro atoms. The number of piperazine rings is 1. The average Bonchev–Trinajstić information content (AvgIpc) is 3.00. The molecule has 0 amide bonds. The van der Waals surface area contributed by atoms with Crippen LogP contribution in [-0.4, -0.2) is 40.4 Å². The predicted octanol–water partition coefficient (Wildman–Crippen LogP) is 3.64. The average molecular weight is 337 g/mol. The van der Waals surface area contributed by atoms with E-state index in [-0.39, 0.29) is 0 Å². The molecule has 22 heavy (non-hydrogen) atoms. The number of benzene rings is 1. The highest BCUT2D eigenvalue weighted by Gasteiger charge is 2.20. The highest BCUT2D eigenvalue weighted by molar-refractivity contribution is 7.09. The third-order valence-electron chi connectivity index (χ3n) is 3.91. The first-order valence-electron chi connectivity index (χ1n) is 7.67. The Balaban J connectivity index is 1.54. The Labute approximate surface area is 140 Å². The van der Waals surface area contributed by atoms with Crippen molar-refractivity contribution in [1.82, 2.24) is 14.3 Å². The first kappa shape index (κ1) is 15.7. The highest BCUT2D eigenvalue weighted by Crippen LogP contribution is 2.23. The monoisotopic (exact) mass is 336 g/mol. The molecule has 3 rings (SSSR count). The summed E-state index contributed by atoms with van der Waals surface area (Å²) in [6.45, 7) is 9.39. The zero-order valence-corrected chi connectivity index (χ0v) is 14.6. The molecule has 6 heteroatoms. The van der Waals surface area contributed by atoms with Crippen molar-refractivity contribution in [3.8, 4) is 0 Å². The molecule has 4 nitrogen and oxygen atoms in total. The van der Waals surface area contributed by atoms with Crippen molar-refractivity contribution in [2.75, 3.05) is 31.1 Å². The van der Waals surface area contributed by atoms with E-state index in [0.717, 1.165) is 48.7 Å². The van der Waals surface area contributed by atoms with Gasteiger partial charge >= 0.3 is 0 Å². The molecule has 0 atom stereocenters. The molecule has 0 radical (unpaired) electrons. The van der Waals surface area contributed by atoms with Gasteiger partial charge in [-0.1, -0.05) is 37.6 Å². The van der Waals surface area contributed by atoms with Gasteiger partial charge in [0.25, 0.3) is 0 Å². The molecule has 0 N–H and O–H groups in total. The van der Waals surface area contributed by atoms with E-state index in [2.05, 4.69) is 45.1 Å². The highest BCUT2D eigenvalue weighted by atomic mass is 35.5. The van der Waals surface area contributed by atoms with Gasteiger partial charge in [-0.25, -0.2) is 4.98 Å². The Kier molecular flexibility index (Phi) is 4.96. The van der Waals surface area contributed by atoms with Gasteiger partial charge in [0.15, 0.2) is 0 Å². The van der Waals surface area contributed by atoms with Crippen molar-refractivity contribution in [3.05, 3.63) is 40.7 Å². The van der Waals surface area contributed by atoms with E-state index in [1.54, 1.807) is 0 Å². The van der Waals surface area contributed by atoms with Crippen LogP contribution in [-0.2, 0) is 6.54 Å². The lowest BCUT2D eigenvalue weighted by Gasteiger charge is -2.34. The van der Waals surface area contributed by atoms with Crippen LogP contribution in [0.3, 0.4) is 0 Å². The standard InChI is InChI=1S/C16H21ClN4S/c1-12(2)15-18-16(22-19-15)21-9-7-20(8-10-21)11-13-3-5-14(17)6-4-13/h3-6,12H,7-11H2,1-2H3. The van der Waals surface area contributed by atoms with Crippen molar-refractivity contribution in [1.29, 1.82) is 0 Å². The van der Waals surface area contributed by atoms with Crippen molar-refractivity contribution < 1.29 is 0 Å². The lowest BCUT2D eigenvalue weighted by Crippen LogP contribution is -2.45. The normalized spacial score (nSPS) is 16.5. The molecule has 1 fully saturated rings. The zero-order valence-electron chi connectivity index (χ0n) is 13.0. The Morgan fingerprint density at radius 1 is 1.14 bits per heavy atom. The molecule has 1 aromatic carbocycles. The molecule has 1 saturated heterocycles. The molecule has 2 heterocycles. The third kappa shape index (κ3) is 3.77. The van der Waals surface area contributed by atoms with Crippen LogP contribution in [0.4, 0.5) is 5.13 Å². The summed E-state index contributed by atoms with van der Waals surface area (Å²) in [6.07, 6.45) is 0. The van der Waals surface area contributed by atoms with Gasteiger partial charge in [-0.3, -0.25) is 4.90 Å². The van der Waals surface area contributed by atoms with E-state index in [1.165, 1.54) is 17.1 Å². The molecular weight excluding hydrogens is 316 g/mol. The summed E-state index contributed by atoms with van der Waals surface area (Å²) in [5.74, 6) is 1.36. The van der Waals surface area contributed by atoms with Gasteiger partial charge in [0.05, 0.1) is 0 Å². The zero-order chi connectivity index (χ0) is 15.5. The molecular formula is C16H21ClN4S. The Morgan fingerprint density at radius 2 is 1.82 bits per heavy atom. The lowest BCUT2D eigenvalue weighted by molar-refractivity contribution is 0.250. The number of rotatable bonds is 4. The first-order chi connectivity index (χ1) is 10.6. The molecule has 1 aliphatic heterocycles. The second kappa shape index (κ2) is 6.94. The largest absolute Gasteiger partial charge is 0.344 e. The van der Waals surface area contributed by atoms with E-state index in [4.69, 9.17) is 11.6 Å². The Hall–Kier alpha value is -1.17. The van der Waals surface area contributed by atoms with E-state index in [0.29, 0.717) is 5.92 Å². The van der Waals surface area contributed by atoms with Crippen molar-refractivity contribution in [3.63, 3.8) is 0 Å². The van der Waals surface area contributed by atoms with Crippen molar-refractivity contribution in [2.24, 2.45) is 0 Å². The smallest absolute Gasteiger partial charge is 0.205 e. The van der Waals surface area contributed by atoms with Gasteiger partial charge in [0, 0.05) is 55.2 Å². The number of hydrogen-bond donors (Lipinski definition) is 0. The van der Waals surface area contributed by atoms with Crippen LogP contribution >= 0.6 is 23.1 Å². The Bertz CT molecular complexity index is 603. The molecule has 2 aromatic rings. The molecule has 1 aromatic heterocycles. The quantitative estimate of drug-likeness (QED) is 0.853. The molecule has 0 unspecified atom stereocenters. The van der Waals surface area contributed by atoms with E-state index >= 15 is 0 Å². The molecule has 0 aliphatic carbocycles. The van der Waals surface area contributed by atoms with E-state index in [9.17, 15) is 0 Å². The van der Waals surface area contributed by atoms with Gasteiger partial charge in [-0.05, 0) is 17.7 Å². The van der Waals surface area contributed by atoms with Gasteiger partial charge in [0.2, 0.25) is 5.13 Å².